The largest absolute Gasteiger partial charge is 0.380 e. The minimum atomic E-state index is -0.651. The number of hydrogen-bond donors (Lipinski definition) is 1. The van der Waals surface area contributed by atoms with Crippen LogP contribution < -0.4 is 10.2 Å². The molecule has 0 unspecified atom stereocenters. The maximum Gasteiger partial charge on any atom is 0.253 e. The van der Waals surface area contributed by atoms with Gasteiger partial charge in [-0.3, -0.25) is 19.4 Å². The highest BCUT2D eigenvalue weighted by Gasteiger charge is 2.39. The minimum absolute atomic E-state index is 0.0694. The third-order valence-corrected chi connectivity index (χ3v) is 5.72. The monoisotopic (exact) mass is 450 g/mol. The summed E-state index contributed by atoms with van der Waals surface area (Å²) < 4.78 is 10.6. The van der Waals surface area contributed by atoms with Crippen molar-refractivity contribution in [3.63, 3.8) is 0 Å². The van der Waals surface area contributed by atoms with E-state index in [2.05, 4.69) is 10.3 Å². The SMILES string of the molecule is CO[C@@H]1C[C@H](C(=O)Nc2ccc(N3CCOCC3=O)cc2)N(C(=O)C=Cc2cccnc2)C1. The van der Waals surface area contributed by atoms with Gasteiger partial charge < -0.3 is 24.6 Å². The Morgan fingerprint density at radius 1 is 1.24 bits per heavy atom. The number of methoxy groups -OCH3 is 1. The first kappa shape index (κ1) is 22.6. The van der Waals surface area contributed by atoms with Crippen molar-refractivity contribution in [1.29, 1.82) is 0 Å². The number of morpholine rings is 1. The second-order valence-electron chi connectivity index (χ2n) is 7.85. The van der Waals surface area contributed by atoms with E-state index in [-0.39, 0.29) is 30.4 Å². The van der Waals surface area contributed by atoms with E-state index in [1.807, 2.05) is 6.07 Å². The van der Waals surface area contributed by atoms with Crippen LogP contribution in [0.15, 0.2) is 54.9 Å². The molecule has 2 atom stereocenters. The smallest absolute Gasteiger partial charge is 0.253 e. The zero-order chi connectivity index (χ0) is 23.2. The van der Waals surface area contributed by atoms with Gasteiger partial charge in [0.1, 0.15) is 12.6 Å². The summed E-state index contributed by atoms with van der Waals surface area (Å²) in [6.45, 7) is 1.39. The van der Waals surface area contributed by atoms with Crippen molar-refractivity contribution in [1.82, 2.24) is 9.88 Å². The number of benzene rings is 1. The molecule has 1 aromatic heterocycles. The van der Waals surface area contributed by atoms with Crippen molar-refractivity contribution in [2.75, 3.05) is 43.6 Å². The topological polar surface area (TPSA) is 101 Å². The maximum absolute atomic E-state index is 13.0. The van der Waals surface area contributed by atoms with E-state index in [0.717, 1.165) is 11.3 Å². The number of pyridine rings is 1. The Morgan fingerprint density at radius 3 is 2.76 bits per heavy atom. The summed E-state index contributed by atoms with van der Waals surface area (Å²) in [6.07, 6.45) is 6.64. The van der Waals surface area contributed by atoms with Gasteiger partial charge >= 0.3 is 0 Å². The van der Waals surface area contributed by atoms with Crippen LogP contribution in [0.4, 0.5) is 11.4 Å². The Labute approximate surface area is 192 Å². The second-order valence-corrected chi connectivity index (χ2v) is 7.85. The molecule has 3 heterocycles. The molecule has 0 aliphatic carbocycles. The van der Waals surface area contributed by atoms with Gasteiger partial charge in [0.15, 0.2) is 0 Å². The highest BCUT2D eigenvalue weighted by atomic mass is 16.5. The maximum atomic E-state index is 13.0. The van der Waals surface area contributed by atoms with E-state index in [9.17, 15) is 14.4 Å². The molecule has 1 N–H and O–H groups in total. The minimum Gasteiger partial charge on any atom is -0.380 e. The number of carbonyl (C=O) groups excluding carboxylic acids is 3. The Balaban J connectivity index is 1.42. The van der Waals surface area contributed by atoms with Crippen LogP contribution in [0.2, 0.25) is 0 Å². The molecule has 2 aliphatic rings. The van der Waals surface area contributed by atoms with E-state index < -0.39 is 6.04 Å². The van der Waals surface area contributed by atoms with Gasteiger partial charge in [-0.1, -0.05) is 6.07 Å². The number of hydrogen-bond acceptors (Lipinski definition) is 6. The quantitative estimate of drug-likeness (QED) is 0.673. The Bertz CT molecular complexity index is 1020. The second kappa shape index (κ2) is 10.4. The number of carbonyl (C=O) groups is 3. The number of aromatic nitrogens is 1. The molecule has 2 aromatic rings. The lowest BCUT2D eigenvalue weighted by molar-refractivity contribution is -0.132. The molecule has 4 rings (SSSR count). The number of ether oxygens (including phenoxy) is 2. The van der Waals surface area contributed by atoms with Crippen molar-refractivity contribution in [2.45, 2.75) is 18.6 Å². The first-order valence-electron chi connectivity index (χ1n) is 10.8. The van der Waals surface area contributed by atoms with Gasteiger partial charge in [-0.05, 0) is 42.0 Å². The van der Waals surface area contributed by atoms with Crippen molar-refractivity contribution in [3.05, 3.63) is 60.4 Å². The molecule has 2 saturated heterocycles. The molecule has 2 aliphatic heterocycles. The van der Waals surface area contributed by atoms with Crippen LogP contribution in [0, 0.1) is 0 Å². The van der Waals surface area contributed by atoms with Crippen molar-refractivity contribution >= 4 is 35.2 Å². The number of likely N-dealkylation sites (tertiary alicyclic amines) is 1. The fraction of sp³-hybridized carbons (Fsp3) is 0.333. The Morgan fingerprint density at radius 2 is 2.06 bits per heavy atom. The third kappa shape index (κ3) is 5.44. The molecule has 3 amide bonds. The highest BCUT2D eigenvalue weighted by molar-refractivity contribution is 6.01. The predicted octanol–water partition coefficient (Wildman–Crippen LogP) is 1.71. The summed E-state index contributed by atoms with van der Waals surface area (Å²) >= 11 is 0. The van der Waals surface area contributed by atoms with Gasteiger partial charge in [0.05, 0.1) is 12.7 Å². The summed E-state index contributed by atoms with van der Waals surface area (Å²) in [6, 6.07) is 10.0. The number of rotatable bonds is 6. The molecular formula is C24H26N4O5. The molecule has 0 spiro atoms. The number of amides is 3. The molecule has 9 heteroatoms. The standard InChI is InChI=1S/C24H26N4O5/c1-32-20-13-21(28(15-20)22(29)9-4-17-3-2-10-25-14-17)24(31)26-18-5-7-19(8-6-18)27-11-12-33-16-23(27)30/h2-10,14,20-21H,11-13,15-16H2,1H3,(H,26,31)/t20-,21-/m1/s1. The summed E-state index contributed by atoms with van der Waals surface area (Å²) in [7, 11) is 1.57. The summed E-state index contributed by atoms with van der Waals surface area (Å²) in [5.74, 6) is -0.643. The first-order chi connectivity index (χ1) is 16.0. The summed E-state index contributed by atoms with van der Waals surface area (Å²) in [4.78, 5) is 45.1. The number of nitrogens with zero attached hydrogens (tertiary/aromatic N) is 3. The van der Waals surface area contributed by atoms with Crippen LogP contribution in [-0.2, 0) is 23.9 Å². The lowest BCUT2D eigenvalue weighted by atomic mass is 10.1. The molecular weight excluding hydrogens is 424 g/mol. The fourth-order valence-corrected chi connectivity index (χ4v) is 3.94. The van der Waals surface area contributed by atoms with Gasteiger partial charge in [-0.2, -0.15) is 0 Å². The Kier molecular flexibility index (Phi) is 7.11. The van der Waals surface area contributed by atoms with Crippen LogP contribution in [0.1, 0.15) is 12.0 Å². The third-order valence-electron chi connectivity index (χ3n) is 5.72. The molecule has 172 valence electrons. The zero-order valence-corrected chi connectivity index (χ0v) is 18.3. The molecule has 0 radical (unpaired) electrons. The van der Waals surface area contributed by atoms with E-state index in [4.69, 9.17) is 9.47 Å². The normalized spacial score (nSPS) is 20.9. The van der Waals surface area contributed by atoms with E-state index in [1.165, 1.54) is 11.0 Å². The van der Waals surface area contributed by atoms with E-state index in [0.29, 0.717) is 31.8 Å². The van der Waals surface area contributed by atoms with Gasteiger partial charge in [0.2, 0.25) is 11.8 Å². The van der Waals surface area contributed by atoms with Crippen LogP contribution in [0.25, 0.3) is 6.08 Å². The molecule has 0 saturated carbocycles. The van der Waals surface area contributed by atoms with Gasteiger partial charge in [0, 0.05) is 56.5 Å². The van der Waals surface area contributed by atoms with Crippen molar-refractivity contribution < 1.29 is 23.9 Å². The van der Waals surface area contributed by atoms with Crippen molar-refractivity contribution in [3.8, 4) is 0 Å². The van der Waals surface area contributed by atoms with Gasteiger partial charge in [-0.15, -0.1) is 0 Å². The molecule has 9 nitrogen and oxygen atoms in total. The fourth-order valence-electron chi connectivity index (χ4n) is 3.94. The molecule has 33 heavy (non-hydrogen) atoms. The molecule has 0 bridgehead atoms. The lowest BCUT2D eigenvalue weighted by Crippen LogP contribution is -2.42. The predicted molar refractivity (Wildman–Crippen MR) is 122 cm³/mol. The average Bonchev–Trinajstić information content (AvgIpc) is 3.29. The first-order valence-corrected chi connectivity index (χ1v) is 10.8. The van der Waals surface area contributed by atoms with Crippen LogP contribution >= 0.6 is 0 Å². The summed E-state index contributed by atoms with van der Waals surface area (Å²) in [5, 5.41) is 2.88. The number of anilines is 2. The highest BCUT2D eigenvalue weighted by Crippen LogP contribution is 2.24. The van der Waals surface area contributed by atoms with E-state index >= 15 is 0 Å². The van der Waals surface area contributed by atoms with E-state index in [1.54, 1.807) is 60.8 Å². The van der Waals surface area contributed by atoms with Gasteiger partial charge in [-0.25, -0.2) is 0 Å². The van der Waals surface area contributed by atoms with Crippen LogP contribution in [0.3, 0.4) is 0 Å². The Hall–Kier alpha value is -3.56. The lowest BCUT2D eigenvalue weighted by Gasteiger charge is -2.27. The summed E-state index contributed by atoms with van der Waals surface area (Å²) in [5.41, 5.74) is 2.13. The molecule has 1 aromatic carbocycles. The van der Waals surface area contributed by atoms with Crippen molar-refractivity contribution in [2.24, 2.45) is 0 Å². The van der Waals surface area contributed by atoms with Gasteiger partial charge in [0.25, 0.3) is 5.91 Å². The molecule has 2 fully saturated rings. The zero-order valence-electron chi connectivity index (χ0n) is 18.3. The number of nitrogens with one attached hydrogen (secondary N) is 1. The van der Waals surface area contributed by atoms with Crippen LogP contribution in [0.5, 0.6) is 0 Å². The van der Waals surface area contributed by atoms with Crippen LogP contribution in [-0.4, -0.2) is 73.2 Å². The average molecular weight is 450 g/mol.